The molecule has 31 heavy (non-hydrogen) atoms. The van der Waals surface area contributed by atoms with Crippen molar-refractivity contribution in [1.29, 1.82) is 0 Å². The smallest absolute Gasteiger partial charge is 0.238 e. The van der Waals surface area contributed by atoms with E-state index in [0.717, 1.165) is 40.8 Å². The van der Waals surface area contributed by atoms with E-state index in [9.17, 15) is 9.59 Å². The third-order valence-corrected chi connectivity index (χ3v) is 7.33. The van der Waals surface area contributed by atoms with Crippen LogP contribution in [-0.4, -0.2) is 11.8 Å². The summed E-state index contributed by atoms with van der Waals surface area (Å²) in [6.07, 6.45) is 1.81. The van der Waals surface area contributed by atoms with Gasteiger partial charge in [-0.1, -0.05) is 72.8 Å². The largest absolute Gasteiger partial charge is 0.274 e. The van der Waals surface area contributed by atoms with Gasteiger partial charge in [0.1, 0.15) is 0 Å². The fraction of sp³-hybridized carbons (Fsp3) is 0.286. The van der Waals surface area contributed by atoms with Crippen LogP contribution in [0.5, 0.6) is 0 Å². The predicted molar refractivity (Wildman–Crippen MR) is 123 cm³/mol. The van der Waals surface area contributed by atoms with Gasteiger partial charge in [-0.3, -0.25) is 9.59 Å². The number of hydrogen-bond donors (Lipinski definition) is 0. The third kappa shape index (κ3) is 3.20. The summed E-state index contributed by atoms with van der Waals surface area (Å²) >= 11 is 0. The van der Waals surface area contributed by atoms with Crippen molar-refractivity contribution >= 4 is 17.5 Å². The van der Waals surface area contributed by atoms with Crippen LogP contribution < -0.4 is 4.90 Å². The van der Waals surface area contributed by atoms with Gasteiger partial charge in [0, 0.05) is 0 Å². The molecule has 0 spiro atoms. The maximum atomic E-state index is 13.9. The molecule has 1 aliphatic heterocycles. The van der Waals surface area contributed by atoms with Gasteiger partial charge in [-0.2, -0.15) is 0 Å². The van der Waals surface area contributed by atoms with E-state index in [4.69, 9.17) is 0 Å². The lowest BCUT2D eigenvalue weighted by atomic mass is 9.64. The molecule has 2 fully saturated rings. The molecule has 2 amide bonds. The summed E-state index contributed by atoms with van der Waals surface area (Å²) < 4.78 is 0. The maximum Gasteiger partial charge on any atom is 0.238 e. The first-order valence-electron chi connectivity index (χ1n) is 11.1. The van der Waals surface area contributed by atoms with Gasteiger partial charge in [0.05, 0.1) is 17.5 Å². The van der Waals surface area contributed by atoms with Crippen molar-refractivity contribution in [2.45, 2.75) is 38.5 Å². The summed E-state index contributed by atoms with van der Waals surface area (Å²) in [4.78, 5) is 29.3. The van der Waals surface area contributed by atoms with Gasteiger partial charge < -0.3 is 0 Å². The monoisotopic (exact) mass is 409 g/mol. The Morgan fingerprint density at radius 2 is 1.13 bits per heavy atom. The number of hydrogen-bond acceptors (Lipinski definition) is 2. The number of benzene rings is 3. The molecular weight excluding hydrogens is 382 g/mol. The van der Waals surface area contributed by atoms with Gasteiger partial charge in [0.2, 0.25) is 11.8 Å². The highest BCUT2D eigenvalue weighted by Crippen LogP contribution is 2.53. The molecule has 1 heterocycles. The van der Waals surface area contributed by atoms with E-state index in [0.29, 0.717) is 0 Å². The normalized spacial score (nSPS) is 25.5. The lowest BCUT2D eigenvalue weighted by Gasteiger charge is -2.37. The van der Waals surface area contributed by atoms with Gasteiger partial charge in [-0.05, 0) is 66.8 Å². The molecular formula is C28H27NO2. The predicted octanol–water partition coefficient (Wildman–Crippen LogP) is 5.77. The molecule has 5 rings (SSSR count). The van der Waals surface area contributed by atoms with E-state index in [2.05, 4.69) is 24.3 Å². The van der Waals surface area contributed by atoms with Crippen molar-refractivity contribution in [2.24, 2.45) is 11.8 Å². The van der Waals surface area contributed by atoms with Gasteiger partial charge in [-0.25, -0.2) is 4.90 Å². The first-order chi connectivity index (χ1) is 15.1. The Morgan fingerprint density at radius 3 is 1.61 bits per heavy atom. The molecule has 0 unspecified atom stereocenters. The highest BCUT2D eigenvalue weighted by molar-refractivity contribution is 6.23. The lowest BCUT2D eigenvalue weighted by molar-refractivity contribution is -0.122. The van der Waals surface area contributed by atoms with Crippen molar-refractivity contribution in [2.75, 3.05) is 4.90 Å². The van der Waals surface area contributed by atoms with E-state index in [1.54, 1.807) is 0 Å². The second kappa shape index (κ2) is 7.81. The fourth-order valence-corrected chi connectivity index (χ4v) is 5.64. The number of anilines is 1. The van der Waals surface area contributed by atoms with Crippen LogP contribution in [0.1, 0.15) is 46.9 Å². The number of rotatable bonds is 3. The first-order valence-corrected chi connectivity index (χ1v) is 11.1. The molecule has 3 nitrogen and oxygen atoms in total. The topological polar surface area (TPSA) is 37.4 Å². The van der Waals surface area contributed by atoms with Gasteiger partial charge >= 0.3 is 0 Å². The quantitative estimate of drug-likeness (QED) is 0.515. The molecule has 1 aliphatic carbocycles. The number of imide groups is 1. The Labute approximate surface area is 183 Å². The summed E-state index contributed by atoms with van der Waals surface area (Å²) in [6, 6.07) is 26.4. The van der Waals surface area contributed by atoms with E-state index < -0.39 is 0 Å². The first kappa shape index (κ1) is 19.7. The summed E-state index contributed by atoms with van der Waals surface area (Å²) in [6.45, 7) is 4.02. The average Bonchev–Trinajstić information content (AvgIpc) is 3.07. The molecule has 1 saturated carbocycles. The third-order valence-electron chi connectivity index (χ3n) is 7.33. The molecule has 156 valence electrons. The standard InChI is InChI=1S/C28H27NO2/c1-18-10-9-15-24(19(18)2)29-27(30)25-22(20-11-5-3-6-12-20)16-17-23(26(25)28(29)31)21-13-7-4-8-14-21/h3-15,22-23,25-26H,16-17H2,1-2H3/t22-,23-,25-,26+/m1/s1. The highest BCUT2D eigenvalue weighted by atomic mass is 16.2. The molecule has 0 N–H and O–H groups in total. The van der Waals surface area contributed by atoms with Crippen LogP contribution in [-0.2, 0) is 9.59 Å². The zero-order chi connectivity index (χ0) is 21.5. The molecule has 4 atom stereocenters. The number of aryl methyl sites for hydroxylation is 1. The Bertz CT molecular complexity index is 1060. The second-order valence-corrected chi connectivity index (χ2v) is 8.89. The molecule has 1 saturated heterocycles. The Hall–Kier alpha value is -3.20. The Kier molecular flexibility index (Phi) is 4.97. The van der Waals surface area contributed by atoms with E-state index in [-0.39, 0.29) is 35.5 Å². The molecule has 3 aromatic rings. The van der Waals surface area contributed by atoms with Crippen LogP contribution in [0.15, 0.2) is 78.9 Å². The highest BCUT2D eigenvalue weighted by Gasteiger charge is 2.57. The minimum absolute atomic E-state index is 0.0433. The molecule has 0 radical (unpaired) electrons. The van der Waals surface area contributed by atoms with Crippen LogP contribution in [0.25, 0.3) is 0 Å². The van der Waals surface area contributed by atoms with E-state index in [1.807, 2.05) is 68.4 Å². The molecule has 2 aliphatic rings. The van der Waals surface area contributed by atoms with Crippen molar-refractivity contribution in [3.8, 4) is 0 Å². The number of carbonyl (C=O) groups excluding carboxylic acids is 2. The zero-order valence-electron chi connectivity index (χ0n) is 18.0. The number of carbonyl (C=O) groups is 2. The SMILES string of the molecule is Cc1cccc(N2C(=O)[C@@H]3[C@H](C2=O)[C@@H](c2ccccc2)CC[C@@H]3c2ccccc2)c1C. The second-order valence-electron chi connectivity index (χ2n) is 8.89. The Morgan fingerprint density at radius 1 is 0.645 bits per heavy atom. The summed E-state index contributed by atoms with van der Waals surface area (Å²) in [5.74, 6) is -0.602. The van der Waals surface area contributed by atoms with Crippen LogP contribution >= 0.6 is 0 Å². The molecule has 3 heteroatoms. The van der Waals surface area contributed by atoms with Crippen molar-refractivity contribution in [3.05, 3.63) is 101 Å². The van der Waals surface area contributed by atoms with Gasteiger partial charge in [-0.15, -0.1) is 0 Å². The summed E-state index contributed by atoms with van der Waals surface area (Å²) in [5.41, 5.74) is 5.14. The maximum absolute atomic E-state index is 13.9. The summed E-state index contributed by atoms with van der Waals surface area (Å²) in [5, 5.41) is 0. The number of nitrogens with zero attached hydrogens (tertiary/aromatic N) is 1. The Balaban J connectivity index is 1.63. The van der Waals surface area contributed by atoms with Crippen LogP contribution in [0.2, 0.25) is 0 Å². The average molecular weight is 410 g/mol. The molecule has 0 aromatic heterocycles. The number of amides is 2. The zero-order valence-corrected chi connectivity index (χ0v) is 18.0. The van der Waals surface area contributed by atoms with Crippen LogP contribution in [0, 0.1) is 25.7 Å². The van der Waals surface area contributed by atoms with E-state index in [1.165, 1.54) is 4.90 Å². The lowest BCUT2D eigenvalue weighted by Crippen LogP contribution is -2.34. The van der Waals surface area contributed by atoms with Gasteiger partial charge in [0.15, 0.2) is 0 Å². The van der Waals surface area contributed by atoms with Crippen LogP contribution in [0.4, 0.5) is 5.69 Å². The van der Waals surface area contributed by atoms with E-state index >= 15 is 0 Å². The minimum atomic E-state index is -0.325. The van der Waals surface area contributed by atoms with Crippen LogP contribution in [0.3, 0.4) is 0 Å². The minimum Gasteiger partial charge on any atom is -0.274 e. The molecule has 0 bridgehead atoms. The fourth-order valence-electron chi connectivity index (χ4n) is 5.64. The number of fused-ring (bicyclic) bond motifs is 1. The summed E-state index contributed by atoms with van der Waals surface area (Å²) in [7, 11) is 0. The van der Waals surface area contributed by atoms with Gasteiger partial charge in [0.25, 0.3) is 0 Å². The van der Waals surface area contributed by atoms with Crippen molar-refractivity contribution < 1.29 is 9.59 Å². The molecule has 3 aromatic carbocycles. The van der Waals surface area contributed by atoms with Crippen molar-refractivity contribution in [3.63, 3.8) is 0 Å². The van der Waals surface area contributed by atoms with Crippen molar-refractivity contribution in [1.82, 2.24) is 0 Å².